The van der Waals surface area contributed by atoms with Crippen molar-refractivity contribution in [3.05, 3.63) is 64.7 Å². The number of benzene rings is 1. The largest absolute Gasteiger partial charge is 0.383 e. The van der Waals surface area contributed by atoms with E-state index < -0.39 is 5.82 Å². The lowest BCUT2D eigenvalue weighted by Crippen LogP contribution is -2.14. The van der Waals surface area contributed by atoms with E-state index in [0.717, 1.165) is 18.7 Å². The van der Waals surface area contributed by atoms with E-state index in [-0.39, 0.29) is 16.6 Å². The number of hydrogen-bond acceptors (Lipinski definition) is 3. The fourth-order valence-electron chi connectivity index (χ4n) is 2.90. The van der Waals surface area contributed by atoms with Gasteiger partial charge in [-0.2, -0.15) is 0 Å². The Kier molecular flexibility index (Phi) is 6.23. The van der Waals surface area contributed by atoms with Crippen LogP contribution < -0.4 is 10.6 Å². The van der Waals surface area contributed by atoms with E-state index in [0.29, 0.717) is 5.69 Å². The summed E-state index contributed by atoms with van der Waals surface area (Å²) in [6.07, 6.45) is 10.0. The molecule has 3 rings (SSSR count). The van der Waals surface area contributed by atoms with Crippen LogP contribution in [0.2, 0.25) is 5.02 Å². The molecule has 0 atom stereocenters. The zero-order valence-electron chi connectivity index (χ0n) is 14.4. The minimum absolute atomic E-state index is 0.0385. The first kappa shape index (κ1) is 18.4. The van der Waals surface area contributed by atoms with Gasteiger partial charge in [-0.05, 0) is 62.4 Å². The summed E-state index contributed by atoms with van der Waals surface area (Å²) in [6, 6.07) is 7.51. The normalized spacial score (nSPS) is 13.8. The van der Waals surface area contributed by atoms with Crippen molar-refractivity contribution >= 4 is 28.9 Å². The topological polar surface area (TPSA) is 54.0 Å². The Bertz CT molecular complexity index is 805. The molecule has 1 heterocycles. The van der Waals surface area contributed by atoms with Gasteiger partial charge in [-0.15, -0.1) is 0 Å². The summed E-state index contributed by atoms with van der Waals surface area (Å²) in [5, 5.41) is 5.94. The molecule has 2 N–H and O–H groups in total. The van der Waals surface area contributed by atoms with Gasteiger partial charge in [0.05, 0.1) is 16.9 Å². The highest BCUT2D eigenvalue weighted by atomic mass is 35.5. The number of pyridine rings is 1. The van der Waals surface area contributed by atoms with Crippen LogP contribution in [-0.4, -0.2) is 17.4 Å². The van der Waals surface area contributed by atoms with Crippen LogP contribution in [0.15, 0.2) is 48.2 Å². The number of carbonyl (C=O) groups excluding carboxylic acids is 1. The number of allylic oxidation sites excluding steroid dienone is 1. The van der Waals surface area contributed by atoms with Crippen molar-refractivity contribution in [2.75, 3.05) is 17.2 Å². The molecule has 26 heavy (non-hydrogen) atoms. The van der Waals surface area contributed by atoms with Crippen LogP contribution in [0, 0.1) is 5.82 Å². The first-order chi connectivity index (χ1) is 12.6. The molecule has 0 aliphatic heterocycles. The summed E-state index contributed by atoms with van der Waals surface area (Å²) in [4.78, 5) is 16.4. The van der Waals surface area contributed by atoms with Crippen molar-refractivity contribution in [1.82, 2.24) is 4.98 Å². The van der Waals surface area contributed by atoms with Crippen LogP contribution in [0.1, 0.15) is 42.6 Å². The standard InChI is InChI=1S/C20H21ClFN3O/c21-17-12-15(6-8-18(17)22)25-20(26)19-9-7-16(13-24-19)23-11-10-14-4-2-1-3-5-14/h4,6-9,12-13,23H,1-3,5,10-11H2,(H,25,26). The number of anilines is 2. The van der Waals surface area contributed by atoms with Gasteiger partial charge in [0, 0.05) is 12.2 Å². The van der Waals surface area contributed by atoms with Crippen molar-refractivity contribution < 1.29 is 9.18 Å². The quantitative estimate of drug-likeness (QED) is 0.664. The Labute approximate surface area is 157 Å². The van der Waals surface area contributed by atoms with Crippen molar-refractivity contribution in [1.29, 1.82) is 0 Å². The van der Waals surface area contributed by atoms with Gasteiger partial charge in [-0.1, -0.05) is 23.3 Å². The van der Waals surface area contributed by atoms with Gasteiger partial charge in [0.25, 0.3) is 5.91 Å². The summed E-state index contributed by atoms with van der Waals surface area (Å²) in [5.41, 5.74) is 3.10. The smallest absolute Gasteiger partial charge is 0.274 e. The molecule has 1 amide bonds. The molecule has 0 radical (unpaired) electrons. The zero-order valence-corrected chi connectivity index (χ0v) is 15.2. The molecule has 0 bridgehead atoms. The number of amides is 1. The second-order valence-electron chi connectivity index (χ2n) is 6.30. The maximum atomic E-state index is 13.2. The minimum atomic E-state index is -0.526. The van der Waals surface area contributed by atoms with Crippen molar-refractivity contribution in [2.45, 2.75) is 32.1 Å². The van der Waals surface area contributed by atoms with E-state index in [2.05, 4.69) is 21.7 Å². The number of nitrogens with one attached hydrogen (secondary N) is 2. The van der Waals surface area contributed by atoms with E-state index in [9.17, 15) is 9.18 Å². The molecule has 0 fully saturated rings. The molecule has 1 aliphatic carbocycles. The highest BCUT2D eigenvalue weighted by molar-refractivity contribution is 6.31. The third-order valence-corrected chi connectivity index (χ3v) is 4.62. The van der Waals surface area contributed by atoms with E-state index in [1.54, 1.807) is 12.3 Å². The average Bonchev–Trinajstić information content (AvgIpc) is 2.66. The monoisotopic (exact) mass is 373 g/mol. The Morgan fingerprint density at radius 3 is 2.73 bits per heavy atom. The first-order valence-corrected chi connectivity index (χ1v) is 9.14. The average molecular weight is 374 g/mol. The van der Waals surface area contributed by atoms with Gasteiger partial charge in [0.1, 0.15) is 11.5 Å². The van der Waals surface area contributed by atoms with Crippen LogP contribution >= 0.6 is 11.6 Å². The molecule has 2 aromatic rings. The number of rotatable bonds is 6. The van der Waals surface area contributed by atoms with Crippen LogP contribution in [0.3, 0.4) is 0 Å². The summed E-state index contributed by atoms with van der Waals surface area (Å²) < 4.78 is 13.2. The number of halogens is 2. The van der Waals surface area contributed by atoms with Gasteiger partial charge < -0.3 is 10.6 Å². The van der Waals surface area contributed by atoms with Gasteiger partial charge >= 0.3 is 0 Å². The van der Waals surface area contributed by atoms with Crippen LogP contribution in [0.4, 0.5) is 15.8 Å². The SMILES string of the molecule is O=C(Nc1ccc(F)c(Cl)c1)c1ccc(NCCC2=CCCCC2)cn1. The third kappa shape index (κ3) is 5.05. The summed E-state index contributed by atoms with van der Waals surface area (Å²) in [7, 11) is 0. The van der Waals surface area contributed by atoms with Crippen LogP contribution in [-0.2, 0) is 0 Å². The number of nitrogens with zero attached hydrogens (tertiary/aromatic N) is 1. The van der Waals surface area contributed by atoms with Gasteiger partial charge in [0.2, 0.25) is 0 Å². The lowest BCUT2D eigenvalue weighted by Gasteiger charge is -2.13. The molecular weight excluding hydrogens is 353 g/mol. The maximum Gasteiger partial charge on any atom is 0.274 e. The molecule has 136 valence electrons. The highest BCUT2D eigenvalue weighted by Crippen LogP contribution is 2.21. The maximum absolute atomic E-state index is 13.2. The number of carbonyl (C=O) groups is 1. The van der Waals surface area contributed by atoms with Gasteiger partial charge in [-0.3, -0.25) is 4.79 Å². The zero-order chi connectivity index (χ0) is 18.4. The van der Waals surface area contributed by atoms with Crippen molar-refractivity contribution in [3.8, 4) is 0 Å². The predicted molar refractivity (Wildman–Crippen MR) is 103 cm³/mol. The van der Waals surface area contributed by atoms with E-state index in [4.69, 9.17) is 11.6 Å². The van der Waals surface area contributed by atoms with E-state index in [1.165, 1.54) is 49.5 Å². The fraction of sp³-hybridized carbons (Fsp3) is 0.300. The Morgan fingerprint density at radius 2 is 2.04 bits per heavy atom. The van der Waals surface area contributed by atoms with E-state index in [1.807, 2.05) is 6.07 Å². The summed E-state index contributed by atoms with van der Waals surface area (Å²) in [5.74, 6) is -0.895. The van der Waals surface area contributed by atoms with Crippen LogP contribution in [0.5, 0.6) is 0 Å². The van der Waals surface area contributed by atoms with Gasteiger partial charge in [0.15, 0.2) is 0 Å². The molecule has 6 heteroatoms. The molecule has 0 unspecified atom stereocenters. The molecule has 0 spiro atoms. The predicted octanol–water partition coefficient (Wildman–Crippen LogP) is 5.43. The second-order valence-corrected chi connectivity index (χ2v) is 6.71. The number of hydrogen-bond donors (Lipinski definition) is 2. The van der Waals surface area contributed by atoms with Crippen LogP contribution in [0.25, 0.3) is 0 Å². The first-order valence-electron chi connectivity index (χ1n) is 8.76. The molecule has 0 saturated heterocycles. The third-order valence-electron chi connectivity index (χ3n) is 4.33. The molecule has 1 aromatic heterocycles. The Morgan fingerprint density at radius 1 is 1.19 bits per heavy atom. The molecule has 0 saturated carbocycles. The number of aromatic nitrogens is 1. The second kappa shape index (κ2) is 8.81. The molecule has 1 aliphatic rings. The summed E-state index contributed by atoms with van der Waals surface area (Å²) in [6.45, 7) is 0.854. The minimum Gasteiger partial charge on any atom is -0.383 e. The molecular formula is C20H21ClFN3O. The van der Waals surface area contributed by atoms with Crippen molar-refractivity contribution in [2.24, 2.45) is 0 Å². The van der Waals surface area contributed by atoms with Gasteiger partial charge in [-0.25, -0.2) is 9.37 Å². The lowest BCUT2D eigenvalue weighted by atomic mass is 9.97. The van der Waals surface area contributed by atoms with Crippen molar-refractivity contribution in [3.63, 3.8) is 0 Å². The fourth-order valence-corrected chi connectivity index (χ4v) is 3.08. The van der Waals surface area contributed by atoms with E-state index >= 15 is 0 Å². The molecule has 1 aromatic carbocycles. The summed E-state index contributed by atoms with van der Waals surface area (Å²) >= 11 is 5.71. The Hall–Kier alpha value is -2.40. The highest BCUT2D eigenvalue weighted by Gasteiger charge is 2.09. The molecule has 4 nitrogen and oxygen atoms in total. The lowest BCUT2D eigenvalue weighted by molar-refractivity contribution is 0.102. The Balaban J connectivity index is 1.52.